The fourth-order valence-corrected chi connectivity index (χ4v) is 8.39. The monoisotopic (exact) mass is 629 g/mol. The summed E-state index contributed by atoms with van der Waals surface area (Å²) >= 11 is 1.88. The van der Waals surface area contributed by atoms with E-state index in [0.29, 0.717) is 0 Å². The second-order valence-corrected chi connectivity index (χ2v) is 13.1. The maximum Gasteiger partial charge on any atom is 0.0540 e. The number of fused-ring (bicyclic) bond motifs is 4. The zero-order valence-electron chi connectivity index (χ0n) is 26.3. The minimum atomic E-state index is 1.12. The number of hydrogen-bond donors (Lipinski definition) is 0. The molecule has 0 aliphatic heterocycles. The van der Waals surface area contributed by atoms with Gasteiger partial charge in [0.05, 0.1) is 11.4 Å². The second kappa shape index (κ2) is 12.0. The molecule has 2 heteroatoms. The third-order valence-corrected chi connectivity index (χ3v) is 10.5. The molecule has 0 aliphatic carbocycles. The van der Waals surface area contributed by atoms with E-state index in [9.17, 15) is 0 Å². The van der Waals surface area contributed by atoms with Crippen molar-refractivity contribution in [1.82, 2.24) is 0 Å². The van der Waals surface area contributed by atoms with Gasteiger partial charge in [-0.05, 0) is 57.8 Å². The first-order valence-electron chi connectivity index (χ1n) is 16.4. The predicted molar refractivity (Wildman–Crippen MR) is 208 cm³/mol. The van der Waals surface area contributed by atoms with Crippen molar-refractivity contribution in [2.45, 2.75) is 0 Å². The lowest BCUT2D eigenvalue weighted by Crippen LogP contribution is -2.12. The minimum Gasteiger partial charge on any atom is -0.309 e. The molecule has 0 bridgehead atoms. The van der Waals surface area contributed by atoms with Gasteiger partial charge in [-0.25, -0.2) is 0 Å². The van der Waals surface area contributed by atoms with Crippen LogP contribution in [0.5, 0.6) is 0 Å². The molecule has 48 heavy (non-hydrogen) atoms. The lowest BCUT2D eigenvalue weighted by atomic mass is 9.90. The number of nitrogens with zero attached hydrogens (tertiary/aromatic N) is 1. The van der Waals surface area contributed by atoms with Crippen LogP contribution in [0.2, 0.25) is 0 Å². The Morgan fingerprint density at radius 1 is 0.354 bits per heavy atom. The van der Waals surface area contributed by atoms with Crippen LogP contribution in [0, 0.1) is 0 Å². The van der Waals surface area contributed by atoms with Crippen molar-refractivity contribution in [2.75, 3.05) is 4.90 Å². The van der Waals surface area contributed by atoms with E-state index in [-0.39, 0.29) is 0 Å². The van der Waals surface area contributed by atoms with Crippen LogP contribution in [0.3, 0.4) is 0 Å². The van der Waals surface area contributed by atoms with Gasteiger partial charge in [0.25, 0.3) is 0 Å². The van der Waals surface area contributed by atoms with Crippen LogP contribution in [0.1, 0.15) is 0 Å². The minimum absolute atomic E-state index is 1.12. The Kier molecular flexibility index (Phi) is 7.07. The molecule has 9 aromatic rings. The molecule has 1 nitrogen and oxygen atoms in total. The predicted octanol–water partition coefficient (Wildman–Crippen LogP) is 13.7. The van der Waals surface area contributed by atoms with Crippen molar-refractivity contribution in [3.05, 3.63) is 188 Å². The third kappa shape index (κ3) is 4.78. The van der Waals surface area contributed by atoms with Gasteiger partial charge in [-0.3, -0.25) is 0 Å². The van der Waals surface area contributed by atoms with E-state index in [0.717, 1.165) is 17.1 Å². The largest absolute Gasteiger partial charge is 0.309 e. The maximum atomic E-state index is 2.45. The zero-order chi connectivity index (χ0) is 31.9. The van der Waals surface area contributed by atoms with Gasteiger partial charge >= 0.3 is 0 Å². The topological polar surface area (TPSA) is 3.24 Å². The average molecular weight is 630 g/mol. The van der Waals surface area contributed by atoms with Crippen molar-refractivity contribution in [3.63, 3.8) is 0 Å². The van der Waals surface area contributed by atoms with Crippen molar-refractivity contribution >= 4 is 59.3 Å². The molecule has 9 rings (SSSR count). The van der Waals surface area contributed by atoms with Crippen LogP contribution in [0.15, 0.2) is 188 Å². The summed E-state index contributed by atoms with van der Waals surface area (Å²) in [6.07, 6.45) is 0. The highest BCUT2D eigenvalue weighted by molar-refractivity contribution is 7.26. The number of anilines is 3. The molecule has 1 aromatic heterocycles. The highest BCUT2D eigenvalue weighted by atomic mass is 32.1. The van der Waals surface area contributed by atoms with Gasteiger partial charge in [0, 0.05) is 42.6 Å². The maximum absolute atomic E-state index is 2.45. The first-order chi connectivity index (χ1) is 23.8. The van der Waals surface area contributed by atoms with Crippen LogP contribution in [-0.4, -0.2) is 0 Å². The Labute approximate surface area is 284 Å². The summed E-state index contributed by atoms with van der Waals surface area (Å²) < 4.78 is 2.63. The van der Waals surface area contributed by atoms with E-state index in [1.54, 1.807) is 0 Å². The molecule has 8 aromatic carbocycles. The Hall–Kier alpha value is -5.96. The summed E-state index contributed by atoms with van der Waals surface area (Å²) in [7, 11) is 0. The number of thiophene rings is 1. The number of rotatable bonds is 6. The molecule has 0 saturated carbocycles. The number of benzene rings is 8. The third-order valence-electron chi connectivity index (χ3n) is 9.28. The fraction of sp³-hybridized carbons (Fsp3) is 0. The van der Waals surface area contributed by atoms with Gasteiger partial charge in [-0.15, -0.1) is 11.3 Å². The van der Waals surface area contributed by atoms with Crippen molar-refractivity contribution in [2.24, 2.45) is 0 Å². The van der Waals surface area contributed by atoms with E-state index in [2.05, 4.69) is 193 Å². The van der Waals surface area contributed by atoms with Gasteiger partial charge in [0.2, 0.25) is 0 Å². The Morgan fingerprint density at radius 3 is 1.62 bits per heavy atom. The molecule has 0 radical (unpaired) electrons. The van der Waals surface area contributed by atoms with Gasteiger partial charge in [0.15, 0.2) is 0 Å². The van der Waals surface area contributed by atoms with E-state index in [4.69, 9.17) is 0 Å². The standard InChI is InChI=1S/C46H31NS/c1-3-16-32(17-4-1)35-25-13-18-33-19-14-26-39(45(33)35)36-22-7-10-29-42(36)47(34-20-5-2-6-21-34)43-30-11-8-23-37(43)40-27-15-28-41-38-24-9-12-31-44(38)48-46(40)41/h1-31H. The van der Waals surface area contributed by atoms with Crippen LogP contribution < -0.4 is 4.90 Å². The number of hydrogen-bond acceptors (Lipinski definition) is 2. The highest BCUT2D eigenvalue weighted by Gasteiger charge is 2.22. The van der Waals surface area contributed by atoms with Crippen LogP contribution >= 0.6 is 11.3 Å². The van der Waals surface area contributed by atoms with Gasteiger partial charge in [-0.1, -0.05) is 158 Å². The van der Waals surface area contributed by atoms with Crippen molar-refractivity contribution < 1.29 is 0 Å². The summed E-state index contributed by atoms with van der Waals surface area (Å²) in [6, 6.07) is 68.1. The van der Waals surface area contributed by atoms with Crippen LogP contribution in [-0.2, 0) is 0 Å². The van der Waals surface area contributed by atoms with Gasteiger partial charge < -0.3 is 4.90 Å². The highest BCUT2D eigenvalue weighted by Crippen LogP contribution is 2.48. The molecule has 0 fully saturated rings. The molecular formula is C46H31NS. The summed E-state index contributed by atoms with van der Waals surface area (Å²) in [5.41, 5.74) is 10.7. The molecule has 0 atom stereocenters. The molecule has 0 aliphatic rings. The summed E-state index contributed by atoms with van der Waals surface area (Å²) in [6.45, 7) is 0. The number of para-hydroxylation sites is 3. The molecule has 0 N–H and O–H groups in total. The summed E-state index contributed by atoms with van der Waals surface area (Å²) in [5.74, 6) is 0. The first-order valence-corrected chi connectivity index (χ1v) is 17.2. The van der Waals surface area contributed by atoms with E-state index in [1.807, 2.05) is 11.3 Å². The Morgan fingerprint density at radius 2 is 0.875 bits per heavy atom. The van der Waals surface area contributed by atoms with Crippen LogP contribution in [0.25, 0.3) is 64.3 Å². The molecular weight excluding hydrogens is 599 g/mol. The van der Waals surface area contributed by atoms with Crippen molar-refractivity contribution in [3.8, 4) is 33.4 Å². The first kappa shape index (κ1) is 28.3. The van der Waals surface area contributed by atoms with E-state index < -0.39 is 0 Å². The smallest absolute Gasteiger partial charge is 0.0540 e. The lowest BCUT2D eigenvalue weighted by molar-refractivity contribution is 1.29. The van der Waals surface area contributed by atoms with Crippen molar-refractivity contribution in [1.29, 1.82) is 0 Å². The SMILES string of the molecule is c1ccc(-c2cccc3cccc(-c4ccccc4N(c4ccccc4)c4ccccc4-c4cccc5c4sc4ccccc45)c23)cc1. The average Bonchev–Trinajstić information content (AvgIpc) is 3.55. The molecule has 0 amide bonds. The second-order valence-electron chi connectivity index (χ2n) is 12.1. The summed E-state index contributed by atoms with van der Waals surface area (Å²) in [4.78, 5) is 2.45. The molecule has 0 saturated heterocycles. The lowest BCUT2D eigenvalue weighted by Gasteiger charge is -2.30. The van der Waals surface area contributed by atoms with Crippen LogP contribution in [0.4, 0.5) is 17.1 Å². The molecule has 1 heterocycles. The fourth-order valence-electron chi connectivity index (χ4n) is 7.16. The van der Waals surface area contributed by atoms with E-state index >= 15 is 0 Å². The molecule has 0 unspecified atom stereocenters. The quantitative estimate of drug-likeness (QED) is 0.177. The Balaban J connectivity index is 1.31. The normalized spacial score (nSPS) is 11.3. The molecule has 0 spiro atoms. The Bertz CT molecular complexity index is 2560. The zero-order valence-corrected chi connectivity index (χ0v) is 27.1. The van der Waals surface area contributed by atoms with Gasteiger partial charge in [0.1, 0.15) is 0 Å². The molecule has 226 valence electrons. The van der Waals surface area contributed by atoms with Gasteiger partial charge in [-0.2, -0.15) is 0 Å². The summed E-state index contributed by atoms with van der Waals surface area (Å²) in [5, 5.41) is 5.10. The van der Waals surface area contributed by atoms with E-state index in [1.165, 1.54) is 64.3 Å².